The number of amides is 2. The first-order valence-electron chi connectivity index (χ1n) is 6.98. The largest absolute Gasteiger partial charge is 0.351 e. The predicted molar refractivity (Wildman–Crippen MR) is 69.1 cm³/mol. The van der Waals surface area contributed by atoms with Crippen LogP contribution in [-0.2, 0) is 9.59 Å². The van der Waals surface area contributed by atoms with E-state index < -0.39 is 0 Å². The van der Waals surface area contributed by atoms with Gasteiger partial charge in [-0.05, 0) is 32.7 Å². The average Bonchev–Trinajstić information content (AvgIpc) is 2.76. The van der Waals surface area contributed by atoms with Crippen molar-refractivity contribution in [3.63, 3.8) is 0 Å². The number of piperidine rings is 1. The molecule has 102 valence electrons. The summed E-state index contributed by atoms with van der Waals surface area (Å²) in [6.45, 7) is 4.36. The Morgan fingerprint density at radius 2 is 2.33 bits per heavy atom. The van der Waals surface area contributed by atoms with Crippen LogP contribution in [0.25, 0.3) is 0 Å². The van der Waals surface area contributed by atoms with Gasteiger partial charge in [-0.1, -0.05) is 6.42 Å². The molecule has 0 aromatic heterocycles. The minimum atomic E-state index is -0.0459. The maximum Gasteiger partial charge on any atom is 0.237 e. The van der Waals surface area contributed by atoms with Crippen LogP contribution in [0.15, 0.2) is 0 Å². The highest BCUT2D eigenvalue weighted by Crippen LogP contribution is 2.10. The summed E-state index contributed by atoms with van der Waals surface area (Å²) in [6.07, 6.45) is 4.79. The standard InChI is InChI=1S/C13H23N3O2/c1-10(9-16-8-4-6-12(16)17)15-13(18)11-5-2-3-7-14-11/h10-11,14H,2-9H2,1H3,(H,15,18)/t10?,11-/m0/s1. The topological polar surface area (TPSA) is 61.4 Å². The zero-order valence-electron chi connectivity index (χ0n) is 11.1. The molecule has 1 unspecified atom stereocenters. The van der Waals surface area contributed by atoms with Gasteiger partial charge in [0.2, 0.25) is 11.8 Å². The molecule has 18 heavy (non-hydrogen) atoms. The maximum atomic E-state index is 12.0. The summed E-state index contributed by atoms with van der Waals surface area (Å²) in [7, 11) is 0. The zero-order valence-corrected chi connectivity index (χ0v) is 11.1. The fourth-order valence-electron chi connectivity index (χ4n) is 2.69. The van der Waals surface area contributed by atoms with Crippen molar-refractivity contribution >= 4 is 11.8 Å². The number of rotatable bonds is 4. The van der Waals surface area contributed by atoms with Gasteiger partial charge < -0.3 is 15.5 Å². The second-order valence-corrected chi connectivity index (χ2v) is 5.36. The van der Waals surface area contributed by atoms with E-state index in [1.807, 2.05) is 11.8 Å². The van der Waals surface area contributed by atoms with Crippen LogP contribution in [0.1, 0.15) is 39.0 Å². The van der Waals surface area contributed by atoms with Crippen LogP contribution in [0.4, 0.5) is 0 Å². The molecule has 0 aromatic rings. The smallest absolute Gasteiger partial charge is 0.237 e. The van der Waals surface area contributed by atoms with E-state index in [0.29, 0.717) is 13.0 Å². The molecule has 5 heteroatoms. The van der Waals surface area contributed by atoms with Crippen LogP contribution in [0.5, 0.6) is 0 Å². The second-order valence-electron chi connectivity index (χ2n) is 5.36. The molecule has 0 aliphatic carbocycles. The highest BCUT2D eigenvalue weighted by molar-refractivity contribution is 5.82. The third kappa shape index (κ3) is 3.45. The lowest BCUT2D eigenvalue weighted by Gasteiger charge is -2.26. The molecule has 2 atom stereocenters. The Kier molecular flexibility index (Phi) is 4.58. The van der Waals surface area contributed by atoms with E-state index >= 15 is 0 Å². The number of nitrogens with one attached hydrogen (secondary N) is 2. The van der Waals surface area contributed by atoms with Gasteiger partial charge in [0, 0.05) is 25.6 Å². The summed E-state index contributed by atoms with van der Waals surface area (Å²) in [5.41, 5.74) is 0. The third-order valence-corrected chi connectivity index (χ3v) is 3.68. The van der Waals surface area contributed by atoms with Crippen LogP contribution < -0.4 is 10.6 Å². The SMILES string of the molecule is CC(CN1CCCC1=O)NC(=O)[C@@H]1CCCCN1. The maximum absolute atomic E-state index is 12.0. The van der Waals surface area contributed by atoms with Crippen molar-refractivity contribution in [1.82, 2.24) is 15.5 Å². The predicted octanol–water partition coefficient (Wildman–Crippen LogP) is 0.256. The fraction of sp³-hybridized carbons (Fsp3) is 0.846. The van der Waals surface area contributed by atoms with Crippen LogP contribution in [-0.4, -0.2) is 48.4 Å². The lowest BCUT2D eigenvalue weighted by molar-refractivity contribution is -0.129. The van der Waals surface area contributed by atoms with E-state index in [1.54, 1.807) is 0 Å². The molecular formula is C13H23N3O2. The van der Waals surface area contributed by atoms with E-state index in [4.69, 9.17) is 0 Å². The number of nitrogens with zero attached hydrogens (tertiary/aromatic N) is 1. The van der Waals surface area contributed by atoms with E-state index in [2.05, 4.69) is 10.6 Å². The van der Waals surface area contributed by atoms with Crippen molar-refractivity contribution < 1.29 is 9.59 Å². The normalized spacial score (nSPS) is 26.2. The lowest BCUT2D eigenvalue weighted by atomic mass is 10.0. The Balaban J connectivity index is 1.74. The Hall–Kier alpha value is -1.10. The number of carbonyl (C=O) groups excluding carboxylic acids is 2. The summed E-state index contributed by atoms with van der Waals surface area (Å²) >= 11 is 0. The van der Waals surface area contributed by atoms with Gasteiger partial charge in [-0.25, -0.2) is 0 Å². The molecule has 2 heterocycles. The zero-order chi connectivity index (χ0) is 13.0. The van der Waals surface area contributed by atoms with Gasteiger partial charge in [0.1, 0.15) is 0 Å². The molecular weight excluding hydrogens is 230 g/mol. The van der Waals surface area contributed by atoms with Gasteiger partial charge in [-0.2, -0.15) is 0 Å². The number of hydrogen-bond acceptors (Lipinski definition) is 3. The van der Waals surface area contributed by atoms with Crippen LogP contribution in [0.3, 0.4) is 0 Å². The summed E-state index contributed by atoms with van der Waals surface area (Å²) in [6, 6.07) is -0.0150. The van der Waals surface area contributed by atoms with Crippen molar-refractivity contribution in [2.75, 3.05) is 19.6 Å². The molecule has 2 aliphatic rings. The molecule has 0 spiro atoms. The quantitative estimate of drug-likeness (QED) is 0.755. The lowest BCUT2D eigenvalue weighted by Crippen LogP contribution is -2.51. The van der Waals surface area contributed by atoms with Crippen LogP contribution >= 0.6 is 0 Å². The first kappa shape index (κ1) is 13.3. The van der Waals surface area contributed by atoms with Crippen LogP contribution in [0.2, 0.25) is 0 Å². The molecule has 2 N–H and O–H groups in total. The first-order chi connectivity index (χ1) is 8.66. The average molecular weight is 253 g/mol. The highest BCUT2D eigenvalue weighted by atomic mass is 16.2. The third-order valence-electron chi connectivity index (χ3n) is 3.68. The molecule has 2 fully saturated rings. The van der Waals surface area contributed by atoms with E-state index in [0.717, 1.165) is 38.8 Å². The summed E-state index contributed by atoms with van der Waals surface area (Å²) in [5.74, 6) is 0.292. The summed E-state index contributed by atoms with van der Waals surface area (Å²) in [4.78, 5) is 25.3. The second kappa shape index (κ2) is 6.18. The molecule has 0 radical (unpaired) electrons. The fourth-order valence-corrected chi connectivity index (χ4v) is 2.69. The Morgan fingerprint density at radius 3 is 2.94 bits per heavy atom. The Morgan fingerprint density at radius 1 is 1.50 bits per heavy atom. The first-order valence-corrected chi connectivity index (χ1v) is 6.98. The van der Waals surface area contributed by atoms with Crippen molar-refractivity contribution in [2.45, 2.75) is 51.1 Å². The summed E-state index contributed by atoms with van der Waals surface area (Å²) < 4.78 is 0. The minimum absolute atomic E-state index is 0.0308. The van der Waals surface area contributed by atoms with Gasteiger partial charge in [-0.15, -0.1) is 0 Å². The van der Waals surface area contributed by atoms with Gasteiger partial charge in [0.25, 0.3) is 0 Å². The molecule has 2 aliphatic heterocycles. The van der Waals surface area contributed by atoms with E-state index in [-0.39, 0.29) is 23.9 Å². The molecule has 0 saturated carbocycles. The van der Waals surface area contributed by atoms with Gasteiger partial charge in [-0.3, -0.25) is 9.59 Å². The van der Waals surface area contributed by atoms with Crippen molar-refractivity contribution in [2.24, 2.45) is 0 Å². The van der Waals surface area contributed by atoms with E-state index in [9.17, 15) is 9.59 Å². The van der Waals surface area contributed by atoms with Crippen LogP contribution in [0, 0.1) is 0 Å². The highest BCUT2D eigenvalue weighted by Gasteiger charge is 2.25. The van der Waals surface area contributed by atoms with Crippen molar-refractivity contribution in [3.8, 4) is 0 Å². The Bertz CT molecular complexity index is 313. The monoisotopic (exact) mass is 253 g/mol. The molecule has 5 nitrogen and oxygen atoms in total. The molecule has 2 rings (SSSR count). The van der Waals surface area contributed by atoms with E-state index in [1.165, 1.54) is 0 Å². The summed E-state index contributed by atoms with van der Waals surface area (Å²) in [5, 5.41) is 6.24. The van der Waals surface area contributed by atoms with Crippen molar-refractivity contribution in [3.05, 3.63) is 0 Å². The van der Waals surface area contributed by atoms with Gasteiger partial charge in [0.05, 0.1) is 6.04 Å². The molecule has 0 bridgehead atoms. The van der Waals surface area contributed by atoms with Crippen molar-refractivity contribution in [1.29, 1.82) is 0 Å². The van der Waals surface area contributed by atoms with Gasteiger partial charge in [0.15, 0.2) is 0 Å². The molecule has 0 aromatic carbocycles. The molecule has 2 amide bonds. The molecule has 2 saturated heterocycles. The minimum Gasteiger partial charge on any atom is -0.351 e. The van der Waals surface area contributed by atoms with Gasteiger partial charge >= 0.3 is 0 Å². The Labute approximate surface area is 108 Å². The number of likely N-dealkylation sites (tertiary alicyclic amines) is 1. The number of carbonyl (C=O) groups is 2. The number of hydrogen-bond donors (Lipinski definition) is 2.